The highest BCUT2D eigenvalue weighted by molar-refractivity contribution is 5.33. The summed E-state index contributed by atoms with van der Waals surface area (Å²) >= 11 is 0. The molecule has 0 aromatic heterocycles. The first kappa shape index (κ1) is 36.6. The molecule has 0 saturated carbocycles. The molecule has 0 aliphatic heterocycles. The van der Waals surface area contributed by atoms with Gasteiger partial charge >= 0.3 is 0 Å². The van der Waals surface area contributed by atoms with Crippen LogP contribution >= 0.6 is 0 Å². The van der Waals surface area contributed by atoms with Crippen molar-refractivity contribution in [1.29, 1.82) is 0 Å². The quantitative estimate of drug-likeness (QED) is 0.150. The van der Waals surface area contributed by atoms with Crippen molar-refractivity contribution in [2.24, 2.45) is 40.4 Å². The summed E-state index contributed by atoms with van der Waals surface area (Å²) in [6.07, 6.45) is 30.3. The second kappa shape index (κ2) is 17.0. The van der Waals surface area contributed by atoms with Gasteiger partial charge in [0.2, 0.25) is 0 Å². The Morgan fingerprint density at radius 1 is 0.762 bits per heavy atom. The van der Waals surface area contributed by atoms with Gasteiger partial charge in [0, 0.05) is 5.92 Å². The molecule has 0 saturated heterocycles. The fourth-order valence-electron chi connectivity index (χ4n) is 7.32. The Morgan fingerprint density at radius 2 is 1.26 bits per heavy atom. The average Bonchev–Trinajstić information content (AvgIpc) is 2.84. The van der Waals surface area contributed by atoms with Gasteiger partial charge in [0.25, 0.3) is 0 Å². The first-order valence-electron chi connectivity index (χ1n) is 17.1. The molecule has 0 aromatic carbocycles. The number of allylic oxidation sites excluding steroid dienone is 10. The Kier molecular flexibility index (Phi) is 14.8. The van der Waals surface area contributed by atoms with Crippen molar-refractivity contribution in [3.63, 3.8) is 0 Å². The van der Waals surface area contributed by atoms with E-state index >= 15 is 0 Å². The van der Waals surface area contributed by atoms with E-state index in [1.165, 1.54) is 55.2 Å². The molecule has 4 unspecified atom stereocenters. The van der Waals surface area contributed by atoms with Gasteiger partial charge in [0.1, 0.15) is 0 Å². The lowest BCUT2D eigenvalue weighted by molar-refractivity contribution is 0.116. The summed E-state index contributed by atoms with van der Waals surface area (Å²) in [6.45, 7) is 22.8. The summed E-state index contributed by atoms with van der Waals surface area (Å²) in [4.78, 5) is 0. The molecule has 0 spiro atoms. The Hall–Kier alpha value is -1.64. The molecule has 2 nitrogen and oxygen atoms in total. The Morgan fingerprint density at radius 3 is 1.76 bits per heavy atom. The van der Waals surface area contributed by atoms with Crippen LogP contribution in [0.15, 0.2) is 71.4 Å². The van der Waals surface area contributed by atoms with Crippen molar-refractivity contribution >= 4 is 0 Å². The zero-order valence-corrected chi connectivity index (χ0v) is 29.0. The smallest absolute Gasteiger partial charge is 0.0729 e. The molecule has 2 aliphatic rings. The van der Waals surface area contributed by atoms with Crippen LogP contribution in [0.3, 0.4) is 0 Å². The molecule has 0 amide bonds. The number of aliphatic hydroxyl groups excluding tert-OH is 2. The van der Waals surface area contributed by atoms with Crippen molar-refractivity contribution in [1.82, 2.24) is 0 Å². The lowest BCUT2D eigenvalue weighted by Crippen LogP contribution is -2.32. The number of rotatable bonds is 15. The van der Waals surface area contributed by atoms with E-state index in [2.05, 4.69) is 118 Å². The summed E-state index contributed by atoms with van der Waals surface area (Å²) in [5, 5.41) is 20.2. The highest BCUT2D eigenvalue weighted by atomic mass is 16.3. The monoisotopic (exact) mass is 579 g/mol. The molecule has 2 heteroatoms. The van der Waals surface area contributed by atoms with Gasteiger partial charge in [-0.05, 0) is 98.9 Å². The van der Waals surface area contributed by atoms with Crippen molar-refractivity contribution in [3.8, 4) is 0 Å². The molecule has 2 rings (SSSR count). The number of hydrogen-bond donors (Lipinski definition) is 2. The second-order valence-corrected chi connectivity index (χ2v) is 15.6. The molecular weight excluding hydrogens is 512 g/mol. The van der Waals surface area contributed by atoms with Gasteiger partial charge in [-0.25, -0.2) is 0 Å². The normalized spacial score (nSPS) is 27.7. The van der Waals surface area contributed by atoms with E-state index in [1.807, 2.05) is 6.08 Å². The fourth-order valence-corrected chi connectivity index (χ4v) is 7.32. The number of aliphatic hydroxyl groups is 2. The summed E-state index contributed by atoms with van der Waals surface area (Å²) < 4.78 is 0. The molecule has 2 N–H and O–H groups in total. The summed E-state index contributed by atoms with van der Waals surface area (Å²) in [6, 6.07) is 0. The Labute approximate surface area is 260 Å². The van der Waals surface area contributed by atoms with E-state index in [4.69, 9.17) is 0 Å². The molecular formula is C40H66O2. The van der Waals surface area contributed by atoms with Gasteiger partial charge in [-0.1, -0.05) is 134 Å². The molecule has 0 fully saturated rings. The molecule has 0 aromatic rings. The van der Waals surface area contributed by atoms with Gasteiger partial charge in [-0.2, -0.15) is 0 Å². The average molecular weight is 579 g/mol. The van der Waals surface area contributed by atoms with E-state index < -0.39 is 0 Å². The molecule has 0 bridgehead atoms. The topological polar surface area (TPSA) is 40.5 Å². The van der Waals surface area contributed by atoms with Crippen molar-refractivity contribution in [2.45, 2.75) is 139 Å². The van der Waals surface area contributed by atoms with Crippen LogP contribution in [-0.4, -0.2) is 22.4 Å². The predicted octanol–water partition coefficient (Wildman–Crippen LogP) is 10.9. The van der Waals surface area contributed by atoms with Gasteiger partial charge in [-0.3, -0.25) is 0 Å². The maximum absolute atomic E-state index is 10.1. The van der Waals surface area contributed by atoms with E-state index in [-0.39, 0.29) is 23.0 Å². The second-order valence-electron chi connectivity index (χ2n) is 15.6. The van der Waals surface area contributed by atoms with Gasteiger partial charge < -0.3 is 10.2 Å². The molecule has 7 atom stereocenters. The van der Waals surface area contributed by atoms with Crippen LogP contribution < -0.4 is 0 Å². The lowest BCUT2D eigenvalue weighted by Gasteiger charge is -2.39. The first-order valence-corrected chi connectivity index (χ1v) is 17.1. The fraction of sp³-hybridized carbons (Fsp3) is 0.700. The van der Waals surface area contributed by atoms with E-state index in [0.29, 0.717) is 29.6 Å². The first-order chi connectivity index (χ1) is 19.6. The van der Waals surface area contributed by atoms with Crippen LogP contribution in [0.25, 0.3) is 0 Å². The summed E-state index contributed by atoms with van der Waals surface area (Å²) in [5.74, 6) is 2.81. The largest absolute Gasteiger partial charge is 0.393 e. The predicted molar refractivity (Wildman–Crippen MR) is 184 cm³/mol. The van der Waals surface area contributed by atoms with E-state index in [9.17, 15) is 10.2 Å². The zero-order chi connectivity index (χ0) is 31.5. The molecule has 238 valence electrons. The van der Waals surface area contributed by atoms with Crippen molar-refractivity contribution < 1.29 is 10.2 Å². The van der Waals surface area contributed by atoms with Gasteiger partial charge in [0.15, 0.2) is 0 Å². The van der Waals surface area contributed by atoms with Crippen molar-refractivity contribution in [3.05, 3.63) is 71.4 Å². The maximum atomic E-state index is 10.1. The minimum absolute atomic E-state index is 0.0633. The Bertz CT molecular complexity index is 1000. The summed E-state index contributed by atoms with van der Waals surface area (Å²) in [7, 11) is 0. The van der Waals surface area contributed by atoms with E-state index in [1.54, 1.807) is 0 Å². The molecule has 2 aliphatic carbocycles. The Balaban J connectivity index is 1.65. The van der Waals surface area contributed by atoms with Crippen LogP contribution in [0.5, 0.6) is 0 Å². The maximum Gasteiger partial charge on any atom is 0.0729 e. The van der Waals surface area contributed by atoms with Gasteiger partial charge in [-0.15, -0.1) is 0 Å². The standard InChI is InChI=1S/C40H66O2/c1-29(17-13-19-31(3)21-23-37-33(5)25-35(41)27-39(37,7)8)15-11-12-16-30(2)18-14-20-32(4)22-24-38-34(6)26-36(42)28-40(38,9)10/h11-12,15-16,21-25,29-32,35-37,41-42H,13-14,17-20,26-28H2,1-10H3/b15-11+,16-12+,23-21+,24-22+/t29?,30?,31?,32?,35-,36-,37-/m0/s1. The third kappa shape index (κ3) is 12.5. The minimum atomic E-state index is -0.295. The zero-order valence-electron chi connectivity index (χ0n) is 29.0. The molecule has 0 radical (unpaired) electrons. The highest BCUT2D eigenvalue weighted by Crippen LogP contribution is 2.42. The van der Waals surface area contributed by atoms with Gasteiger partial charge in [0.05, 0.1) is 12.2 Å². The van der Waals surface area contributed by atoms with Crippen LogP contribution in [-0.2, 0) is 0 Å². The lowest BCUT2D eigenvalue weighted by atomic mass is 9.67. The summed E-state index contributed by atoms with van der Waals surface area (Å²) in [5.41, 5.74) is 4.26. The molecule has 42 heavy (non-hydrogen) atoms. The third-order valence-corrected chi connectivity index (χ3v) is 9.85. The third-order valence-electron chi connectivity index (χ3n) is 9.85. The van der Waals surface area contributed by atoms with Crippen molar-refractivity contribution in [2.75, 3.05) is 0 Å². The molecule has 0 heterocycles. The minimum Gasteiger partial charge on any atom is -0.393 e. The SMILES string of the molecule is CC1=C[C@H](O)CC(C)(C)[C@H]1/C=C/C(C)CCCC(C)/C=C/C=C/C(C)CCCC(C)/C=C/C1=C(C)C[C@H](O)CC1(C)C. The highest BCUT2D eigenvalue weighted by Gasteiger charge is 2.34. The van der Waals surface area contributed by atoms with Crippen LogP contribution in [0.2, 0.25) is 0 Å². The van der Waals surface area contributed by atoms with E-state index in [0.717, 1.165) is 19.3 Å². The number of hydrogen-bond acceptors (Lipinski definition) is 2. The van der Waals surface area contributed by atoms with Crippen LogP contribution in [0.1, 0.15) is 127 Å². The van der Waals surface area contributed by atoms with Crippen LogP contribution in [0.4, 0.5) is 0 Å². The van der Waals surface area contributed by atoms with Crippen LogP contribution in [0, 0.1) is 40.4 Å².